The second kappa shape index (κ2) is 8.87. The standard InChI is InChI=1S/C20H24N2O3/c1-4-25-18-9-7-16(8-10-18)19(23)21-11-12-22-20(24)17-6-5-14(2)15(3)13-17/h5-10,13H,4,11-12H2,1-3H3,(H,21,23)(H,22,24). The minimum absolute atomic E-state index is 0.140. The number of amides is 2. The van der Waals surface area contributed by atoms with E-state index in [4.69, 9.17) is 4.74 Å². The normalized spacial score (nSPS) is 10.2. The fourth-order valence-electron chi connectivity index (χ4n) is 2.31. The monoisotopic (exact) mass is 340 g/mol. The van der Waals surface area contributed by atoms with Crippen molar-refractivity contribution in [3.05, 3.63) is 64.7 Å². The van der Waals surface area contributed by atoms with Crippen LogP contribution in [0.25, 0.3) is 0 Å². The zero-order chi connectivity index (χ0) is 18.2. The summed E-state index contributed by atoms with van der Waals surface area (Å²) in [6.07, 6.45) is 0. The molecule has 0 spiro atoms. The number of benzene rings is 2. The average molecular weight is 340 g/mol. The predicted molar refractivity (Wildman–Crippen MR) is 98.2 cm³/mol. The van der Waals surface area contributed by atoms with Crippen molar-refractivity contribution in [3.8, 4) is 5.75 Å². The topological polar surface area (TPSA) is 67.4 Å². The van der Waals surface area contributed by atoms with Crippen LogP contribution in [0.15, 0.2) is 42.5 Å². The van der Waals surface area contributed by atoms with Crippen molar-refractivity contribution < 1.29 is 14.3 Å². The van der Waals surface area contributed by atoms with E-state index < -0.39 is 0 Å². The van der Waals surface area contributed by atoms with Gasteiger partial charge in [-0.1, -0.05) is 6.07 Å². The van der Waals surface area contributed by atoms with Crippen molar-refractivity contribution in [2.75, 3.05) is 19.7 Å². The molecule has 2 amide bonds. The third kappa shape index (κ3) is 5.35. The molecule has 0 fully saturated rings. The fraction of sp³-hybridized carbons (Fsp3) is 0.300. The van der Waals surface area contributed by atoms with Crippen LogP contribution in [0.2, 0.25) is 0 Å². The Morgan fingerprint density at radius 3 is 1.96 bits per heavy atom. The first kappa shape index (κ1) is 18.5. The van der Waals surface area contributed by atoms with E-state index in [-0.39, 0.29) is 11.8 Å². The Labute approximate surface area is 148 Å². The summed E-state index contributed by atoms with van der Waals surface area (Å²) >= 11 is 0. The molecule has 0 saturated carbocycles. The van der Waals surface area contributed by atoms with Crippen molar-refractivity contribution in [2.24, 2.45) is 0 Å². The van der Waals surface area contributed by atoms with Gasteiger partial charge in [0.05, 0.1) is 6.61 Å². The lowest BCUT2D eigenvalue weighted by Gasteiger charge is -2.09. The molecule has 0 atom stereocenters. The molecule has 0 aliphatic rings. The molecule has 2 aromatic carbocycles. The van der Waals surface area contributed by atoms with Crippen molar-refractivity contribution in [1.29, 1.82) is 0 Å². The van der Waals surface area contributed by atoms with Crippen LogP contribution in [0.1, 0.15) is 38.8 Å². The molecule has 0 bridgehead atoms. The van der Waals surface area contributed by atoms with E-state index in [0.29, 0.717) is 30.8 Å². The summed E-state index contributed by atoms with van der Waals surface area (Å²) < 4.78 is 5.34. The largest absolute Gasteiger partial charge is 0.494 e. The summed E-state index contributed by atoms with van der Waals surface area (Å²) in [5, 5.41) is 5.59. The maximum atomic E-state index is 12.1. The summed E-state index contributed by atoms with van der Waals surface area (Å²) in [4.78, 5) is 24.1. The number of carbonyl (C=O) groups excluding carboxylic acids is 2. The number of nitrogens with one attached hydrogen (secondary N) is 2. The van der Waals surface area contributed by atoms with Crippen molar-refractivity contribution in [3.63, 3.8) is 0 Å². The molecule has 0 radical (unpaired) electrons. The molecule has 0 unspecified atom stereocenters. The van der Waals surface area contributed by atoms with Gasteiger partial charge in [0, 0.05) is 24.2 Å². The number of aryl methyl sites for hydroxylation is 2. The van der Waals surface area contributed by atoms with Gasteiger partial charge in [-0.05, 0) is 68.3 Å². The first-order valence-electron chi connectivity index (χ1n) is 8.37. The molecular weight excluding hydrogens is 316 g/mol. The van der Waals surface area contributed by atoms with Gasteiger partial charge in [-0.25, -0.2) is 0 Å². The molecule has 5 heteroatoms. The average Bonchev–Trinajstić information content (AvgIpc) is 2.61. The van der Waals surface area contributed by atoms with Gasteiger partial charge in [-0.2, -0.15) is 0 Å². The van der Waals surface area contributed by atoms with Crippen LogP contribution in [0.4, 0.5) is 0 Å². The molecule has 2 N–H and O–H groups in total. The van der Waals surface area contributed by atoms with Crippen LogP contribution in [0.5, 0.6) is 5.75 Å². The van der Waals surface area contributed by atoms with Crippen molar-refractivity contribution >= 4 is 11.8 Å². The highest BCUT2D eigenvalue weighted by atomic mass is 16.5. The third-order valence-corrected chi connectivity index (χ3v) is 3.89. The summed E-state index contributed by atoms with van der Waals surface area (Å²) in [6, 6.07) is 12.6. The van der Waals surface area contributed by atoms with Crippen LogP contribution >= 0.6 is 0 Å². The maximum Gasteiger partial charge on any atom is 0.251 e. The summed E-state index contributed by atoms with van der Waals surface area (Å²) in [7, 11) is 0. The predicted octanol–water partition coefficient (Wildman–Crippen LogP) is 2.86. The lowest BCUT2D eigenvalue weighted by Crippen LogP contribution is -2.34. The van der Waals surface area contributed by atoms with Gasteiger partial charge >= 0.3 is 0 Å². The highest BCUT2D eigenvalue weighted by Gasteiger charge is 2.08. The first-order chi connectivity index (χ1) is 12.0. The summed E-state index contributed by atoms with van der Waals surface area (Å²) in [5.41, 5.74) is 3.42. The van der Waals surface area contributed by atoms with E-state index in [1.54, 1.807) is 30.3 Å². The zero-order valence-corrected chi connectivity index (χ0v) is 14.9. The molecule has 0 aromatic heterocycles. The number of rotatable bonds is 7. The molecular formula is C20H24N2O3. The Balaban J connectivity index is 1.77. The van der Waals surface area contributed by atoms with Crippen molar-refractivity contribution in [2.45, 2.75) is 20.8 Å². The van der Waals surface area contributed by atoms with Gasteiger partial charge < -0.3 is 15.4 Å². The van der Waals surface area contributed by atoms with E-state index >= 15 is 0 Å². The van der Waals surface area contributed by atoms with E-state index in [9.17, 15) is 9.59 Å². The Hall–Kier alpha value is -2.82. The lowest BCUT2D eigenvalue weighted by atomic mass is 10.1. The molecule has 5 nitrogen and oxygen atoms in total. The Bertz CT molecular complexity index is 739. The second-order valence-electron chi connectivity index (χ2n) is 5.77. The zero-order valence-electron chi connectivity index (χ0n) is 14.9. The van der Waals surface area contributed by atoms with E-state index in [0.717, 1.165) is 16.9 Å². The molecule has 2 rings (SSSR count). The molecule has 0 saturated heterocycles. The number of hydrogen-bond donors (Lipinski definition) is 2. The number of carbonyl (C=O) groups is 2. The number of hydrogen-bond acceptors (Lipinski definition) is 3. The smallest absolute Gasteiger partial charge is 0.251 e. The molecule has 0 aliphatic carbocycles. The summed E-state index contributed by atoms with van der Waals surface area (Å²) in [6.45, 7) is 7.21. The Morgan fingerprint density at radius 2 is 1.40 bits per heavy atom. The Kier molecular flexibility index (Phi) is 6.57. The van der Waals surface area contributed by atoms with Gasteiger partial charge in [0.2, 0.25) is 0 Å². The van der Waals surface area contributed by atoms with Crippen molar-refractivity contribution in [1.82, 2.24) is 10.6 Å². The van der Waals surface area contributed by atoms with Gasteiger partial charge in [0.25, 0.3) is 11.8 Å². The van der Waals surface area contributed by atoms with Gasteiger partial charge in [-0.3, -0.25) is 9.59 Å². The van der Waals surface area contributed by atoms with Gasteiger partial charge in [0.15, 0.2) is 0 Å². The molecule has 132 valence electrons. The van der Waals surface area contributed by atoms with Crippen LogP contribution in [0, 0.1) is 13.8 Å². The summed E-state index contributed by atoms with van der Waals surface area (Å²) in [5.74, 6) is 0.418. The second-order valence-corrected chi connectivity index (χ2v) is 5.77. The van der Waals surface area contributed by atoms with Gasteiger partial charge in [-0.15, -0.1) is 0 Å². The van der Waals surface area contributed by atoms with Crippen LogP contribution < -0.4 is 15.4 Å². The highest BCUT2D eigenvalue weighted by Crippen LogP contribution is 2.12. The molecule has 2 aromatic rings. The molecule has 0 aliphatic heterocycles. The van der Waals surface area contributed by atoms with Crippen LogP contribution in [-0.2, 0) is 0 Å². The maximum absolute atomic E-state index is 12.1. The SMILES string of the molecule is CCOc1ccc(C(=O)NCCNC(=O)c2ccc(C)c(C)c2)cc1. The van der Waals surface area contributed by atoms with E-state index in [2.05, 4.69) is 10.6 Å². The van der Waals surface area contributed by atoms with Crippen LogP contribution in [0.3, 0.4) is 0 Å². The molecule has 0 heterocycles. The fourth-order valence-corrected chi connectivity index (χ4v) is 2.31. The number of ether oxygens (including phenoxy) is 1. The minimum atomic E-state index is -0.177. The lowest BCUT2D eigenvalue weighted by molar-refractivity contribution is 0.0927. The van der Waals surface area contributed by atoms with E-state index in [1.165, 1.54) is 0 Å². The third-order valence-electron chi connectivity index (χ3n) is 3.89. The molecule has 25 heavy (non-hydrogen) atoms. The highest BCUT2D eigenvalue weighted by molar-refractivity contribution is 5.95. The Morgan fingerprint density at radius 1 is 0.840 bits per heavy atom. The first-order valence-corrected chi connectivity index (χ1v) is 8.37. The quantitative estimate of drug-likeness (QED) is 0.762. The van der Waals surface area contributed by atoms with E-state index in [1.807, 2.05) is 32.9 Å². The minimum Gasteiger partial charge on any atom is -0.494 e. The van der Waals surface area contributed by atoms with Crippen LogP contribution in [-0.4, -0.2) is 31.5 Å². The van der Waals surface area contributed by atoms with Gasteiger partial charge in [0.1, 0.15) is 5.75 Å².